The highest BCUT2D eigenvalue weighted by Crippen LogP contribution is 2.16. The van der Waals surface area contributed by atoms with E-state index in [2.05, 4.69) is 22.3 Å². The molecule has 0 unspecified atom stereocenters. The first kappa shape index (κ1) is 18.6. The van der Waals surface area contributed by atoms with Crippen molar-refractivity contribution in [3.8, 4) is 0 Å². The van der Waals surface area contributed by atoms with Crippen molar-refractivity contribution < 1.29 is 9.18 Å². The van der Waals surface area contributed by atoms with Crippen molar-refractivity contribution >= 4 is 11.6 Å². The van der Waals surface area contributed by atoms with E-state index in [4.69, 9.17) is 0 Å². The van der Waals surface area contributed by atoms with Crippen molar-refractivity contribution in [2.75, 3.05) is 18.0 Å². The maximum Gasteiger partial charge on any atom is 0.239 e. The van der Waals surface area contributed by atoms with Gasteiger partial charge in [0.1, 0.15) is 5.82 Å². The molecule has 4 heteroatoms. The summed E-state index contributed by atoms with van der Waals surface area (Å²) in [5.41, 5.74) is 3.16. The van der Waals surface area contributed by atoms with Crippen molar-refractivity contribution in [3.63, 3.8) is 0 Å². The van der Waals surface area contributed by atoms with Crippen molar-refractivity contribution in [1.82, 2.24) is 5.32 Å². The summed E-state index contributed by atoms with van der Waals surface area (Å²) in [4.78, 5) is 14.5. The van der Waals surface area contributed by atoms with Crippen LogP contribution in [0.3, 0.4) is 0 Å². The number of nitrogens with zero attached hydrogens (tertiary/aromatic N) is 1. The van der Waals surface area contributed by atoms with Crippen molar-refractivity contribution in [3.05, 3.63) is 102 Å². The maximum absolute atomic E-state index is 12.9. The van der Waals surface area contributed by atoms with Crippen LogP contribution < -0.4 is 10.2 Å². The normalized spacial score (nSPS) is 10.4. The Morgan fingerprint density at radius 3 is 2.11 bits per heavy atom. The largest absolute Gasteiger partial charge is 0.358 e. The molecule has 3 rings (SSSR count). The number of carbonyl (C=O) groups excluding carboxylic acids is 1. The molecule has 138 valence electrons. The molecule has 0 aliphatic heterocycles. The van der Waals surface area contributed by atoms with E-state index in [0.717, 1.165) is 16.8 Å². The average molecular weight is 362 g/mol. The summed E-state index contributed by atoms with van der Waals surface area (Å²) >= 11 is 0. The lowest BCUT2D eigenvalue weighted by atomic mass is 10.1. The van der Waals surface area contributed by atoms with Crippen LogP contribution >= 0.6 is 0 Å². The number of hydrogen-bond donors (Lipinski definition) is 1. The number of hydrogen-bond acceptors (Lipinski definition) is 2. The number of nitrogens with one attached hydrogen (secondary N) is 1. The lowest BCUT2D eigenvalue weighted by Gasteiger charge is -2.24. The van der Waals surface area contributed by atoms with E-state index >= 15 is 0 Å². The van der Waals surface area contributed by atoms with E-state index in [-0.39, 0.29) is 18.3 Å². The van der Waals surface area contributed by atoms with Gasteiger partial charge in [0.25, 0.3) is 0 Å². The van der Waals surface area contributed by atoms with Gasteiger partial charge in [0.05, 0.1) is 6.54 Å². The fraction of sp³-hybridized carbons (Fsp3) is 0.174. The van der Waals surface area contributed by atoms with Gasteiger partial charge in [-0.25, -0.2) is 4.39 Å². The average Bonchev–Trinajstić information content (AvgIpc) is 2.70. The molecule has 0 aliphatic carbocycles. The van der Waals surface area contributed by atoms with Gasteiger partial charge in [0.2, 0.25) is 5.91 Å². The van der Waals surface area contributed by atoms with Crippen molar-refractivity contribution in [2.24, 2.45) is 0 Å². The molecule has 0 aliphatic rings. The highest BCUT2D eigenvalue weighted by molar-refractivity contribution is 5.81. The predicted octanol–water partition coefficient (Wildman–Crippen LogP) is 4.19. The lowest BCUT2D eigenvalue weighted by Crippen LogP contribution is -2.37. The van der Waals surface area contributed by atoms with Crippen LogP contribution in [0.5, 0.6) is 0 Å². The standard InChI is InChI=1S/C23H23FN2O/c24-21-13-11-19(12-14-21)15-16-25-23(27)18-26(22-9-5-2-6-10-22)17-20-7-3-1-4-8-20/h1-14H,15-18H2,(H,25,27). The van der Waals surface area contributed by atoms with Gasteiger partial charge in [-0.05, 0) is 41.8 Å². The molecule has 0 saturated carbocycles. The Kier molecular flexibility index (Phi) is 6.58. The number of rotatable bonds is 8. The SMILES string of the molecule is O=C(CN(Cc1ccccc1)c1ccccc1)NCCc1ccc(F)cc1. The van der Waals surface area contributed by atoms with Crippen molar-refractivity contribution in [1.29, 1.82) is 0 Å². The van der Waals surface area contributed by atoms with Gasteiger partial charge in [0.15, 0.2) is 0 Å². The van der Waals surface area contributed by atoms with Crippen LogP contribution in [0.2, 0.25) is 0 Å². The molecule has 1 N–H and O–H groups in total. The molecule has 0 fully saturated rings. The lowest BCUT2D eigenvalue weighted by molar-refractivity contribution is -0.119. The fourth-order valence-corrected chi connectivity index (χ4v) is 2.91. The molecule has 3 aromatic rings. The Morgan fingerprint density at radius 1 is 0.815 bits per heavy atom. The topological polar surface area (TPSA) is 32.3 Å². The summed E-state index contributed by atoms with van der Waals surface area (Å²) < 4.78 is 12.9. The third-order valence-corrected chi connectivity index (χ3v) is 4.32. The zero-order chi connectivity index (χ0) is 18.9. The van der Waals surface area contributed by atoms with Crippen LogP contribution in [0, 0.1) is 5.82 Å². The first-order chi connectivity index (χ1) is 13.2. The van der Waals surface area contributed by atoms with Crippen LogP contribution in [0.4, 0.5) is 10.1 Å². The highest BCUT2D eigenvalue weighted by Gasteiger charge is 2.12. The van der Waals surface area contributed by atoms with E-state index < -0.39 is 0 Å². The molecular weight excluding hydrogens is 339 g/mol. The Bertz CT molecular complexity index is 835. The Hall–Kier alpha value is -3.14. The molecule has 0 atom stereocenters. The van der Waals surface area contributed by atoms with Gasteiger partial charge < -0.3 is 10.2 Å². The van der Waals surface area contributed by atoms with Crippen LogP contribution in [-0.4, -0.2) is 19.0 Å². The van der Waals surface area contributed by atoms with Gasteiger partial charge in [0, 0.05) is 18.8 Å². The van der Waals surface area contributed by atoms with E-state index in [1.165, 1.54) is 12.1 Å². The first-order valence-corrected chi connectivity index (χ1v) is 9.06. The zero-order valence-electron chi connectivity index (χ0n) is 15.1. The zero-order valence-corrected chi connectivity index (χ0v) is 15.1. The molecule has 1 amide bonds. The van der Waals surface area contributed by atoms with Gasteiger partial charge in [-0.3, -0.25) is 4.79 Å². The number of anilines is 1. The Balaban J connectivity index is 1.57. The summed E-state index contributed by atoms with van der Waals surface area (Å²) in [7, 11) is 0. The van der Waals surface area contributed by atoms with E-state index in [0.29, 0.717) is 19.5 Å². The van der Waals surface area contributed by atoms with E-state index in [9.17, 15) is 9.18 Å². The maximum atomic E-state index is 12.9. The number of para-hydroxylation sites is 1. The Morgan fingerprint density at radius 2 is 1.44 bits per heavy atom. The minimum atomic E-state index is -0.248. The summed E-state index contributed by atoms with van der Waals surface area (Å²) in [6, 6.07) is 26.4. The summed E-state index contributed by atoms with van der Waals surface area (Å²) in [6.07, 6.45) is 0.677. The summed E-state index contributed by atoms with van der Waals surface area (Å²) in [6.45, 7) is 1.47. The molecular formula is C23H23FN2O. The molecule has 0 spiro atoms. The fourth-order valence-electron chi connectivity index (χ4n) is 2.91. The second-order valence-electron chi connectivity index (χ2n) is 6.40. The van der Waals surface area contributed by atoms with Gasteiger partial charge in [-0.1, -0.05) is 60.7 Å². The molecule has 3 aromatic carbocycles. The summed E-state index contributed by atoms with van der Waals surface area (Å²) in [5.74, 6) is -0.279. The van der Waals surface area contributed by atoms with Crippen molar-refractivity contribution in [2.45, 2.75) is 13.0 Å². The summed E-state index contributed by atoms with van der Waals surface area (Å²) in [5, 5.41) is 2.96. The monoisotopic (exact) mass is 362 g/mol. The van der Waals surface area contributed by atoms with Gasteiger partial charge >= 0.3 is 0 Å². The van der Waals surface area contributed by atoms with E-state index in [1.54, 1.807) is 12.1 Å². The molecule has 3 nitrogen and oxygen atoms in total. The van der Waals surface area contributed by atoms with Gasteiger partial charge in [-0.2, -0.15) is 0 Å². The second-order valence-corrected chi connectivity index (χ2v) is 6.40. The van der Waals surface area contributed by atoms with Gasteiger partial charge in [-0.15, -0.1) is 0 Å². The van der Waals surface area contributed by atoms with E-state index in [1.807, 2.05) is 48.5 Å². The van der Waals surface area contributed by atoms with Crippen LogP contribution in [0.1, 0.15) is 11.1 Å². The molecule has 0 bridgehead atoms. The molecule has 0 aromatic heterocycles. The number of carbonyl (C=O) groups is 1. The number of amides is 1. The molecule has 0 heterocycles. The highest BCUT2D eigenvalue weighted by atomic mass is 19.1. The second kappa shape index (κ2) is 9.53. The number of halogens is 1. The van der Waals surface area contributed by atoms with Crippen LogP contribution in [0.15, 0.2) is 84.9 Å². The third-order valence-electron chi connectivity index (χ3n) is 4.32. The predicted molar refractivity (Wildman–Crippen MR) is 107 cm³/mol. The van der Waals surface area contributed by atoms with Crippen LogP contribution in [-0.2, 0) is 17.8 Å². The minimum Gasteiger partial charge on any atom is -0.358 e. The molecule has 0 saturated heterocycles. The minimum absolute atomic E-state index is 0.0307. The molecule has 27 heavy (non-hydrogen) atoms. The number of benzene rings is 3. The Labute approximate surface area is 159 Å². The first-order valence-electron chi connectivity index (χ1n) is 9.06. The van der Waals surface area contributed by atoms with Crippen LogP contribution in [0.25, 0.3) is 0 Å². The smallest absolute Gasteiger partial charge is 0.239 e. The third kappa shape index (κ3) is 5.96. The quantitative estimate of drug-likeness (QED) is 0.652. The molecule has 0 radical (unpaired) electrons.